The maximum Gasteiger partial charge on any atom is 0.368 e. The third-order valence-electron chi connectivity index (χ3n) is 4.54. The van der Waals surface area contributed by atoms with Gasteiger partial charge in [-0.1, -0.05) is 79.7 Å². The molecule has 2 aromatic carbocycles. The highest BCUT2D eigenvalue weighted by atomic mass is 35.5. The minimum Gasteiger partial charge on any atom is -0.493 e. The van der Waals surface area contributed by atoms with Crippen molar-refractivity contribution in [3.05, 3.63) is 70.3 Å². The van der Waals surface area contributed by atoms with Gasteiger partial charge in [-0.05, 0) is 30.7 Å². The Labute approximate surface area is 170 Å². The molecule has 0 bridgehead atoms. The molecule has 0 radical (unpaired) electrons. The molecular weight excluding hydrogens is 374 g/mol. The van der Waals surface area contributed by atoms with E-state index < -0.39 is 5.97 Å². The molecule has 1 aliphatic heterocycles. The average Bonchev–Trinajstić information content (AvgIpc) is 3.07. The Morgan fingerprint density at radius 3 is 2.57 bits per heavy atom. The molecule has 0 aromatic heterocycles. The first-order valence-corrected chi connectivity index (χ1v) is 10.1. The summed E-state index contributed by atoms with van der Waals surface area (Å²) in [5.41, 5.74) is 2.50. The van der Waals surface area contributed by atoms with Crippen molar-refractivity contribution in [2.75, 3.05) is 6.61 Å². The quantitative estimate of drug-likeness (QED) is 0.294. The molecule has 1 aliphatic rings. The summed E-state index contributed by atoms with van der Waals surface area (Å²) in [5.74, 6) is 0.278. The van der Waals surface area contributed by atoms with E-state index in [1.54, 1.807) is 18.2 Å². The van der Waals surface area contributed by atoms with E-state index in [0.29, 0.717) is 22.9 Å². The number of benzene rings is 2. The zero-order chi connectivity index (χ0) is 19.8. The fraction of sp³-hybridized carbons (Fsp3) is 0.304. The van der Waals surface area contributed by atoms with Gasteiger partial charge in [0.15, 0.2) is 0 Å². The summed E-state index contributed by atoms with van der Waals surface area (Å²) in [5, 5.41) is 4.57. The van der Waals surface area contributed by atoms with Gasteiger partial charge in [0.2, 0.25) is 0 Å². The molecule has 0 unspecified atom stereocenters. The van der Waals surface area contributed by atoms with Crippen LogP contribution in [-0.2, 0) is 9.63 Å². The zero-order valence-corrected chi connectivity index (χ0v) is 16.7. The van der Waals surface area contributed by atoms with Crippen molar-refractivity contribution in [3.8, 4) is 5.75 Å². The van der Waals surface area contributed by atoms with Gasteiger partial charge in [-0.15, -0.1) is 0 Å². The third kappa shape index (κ3) is 5.23. The second-order valence-electron chi connectivity index (χ2n) is 6.68. The van der Waals surface area contributed by atoms with Crippen molar-refractivity contribution in [3.63, 3.8) is 0 Å². The number of carbonyl (C=O) groups is 1. The van der Waals surface area contributed by atoms with Crippen LogP contribution in [0.15, 0.2) is 59.3 Å². The van der Waals surface area contributed by atoms with Crippen LogP contribution in [0.25, 0.3) is 6.08 Å². The number of unbranched alkanes of at least 4 members (excludes halogenated alkanes) is 4. The van der Waals surface area contributed by atoms with E-state index in [0.717, 1.165) is 29.7 Å². The molecule has 3 rings (SSSR count). The second-order valence-corrected chi connectivity index (χ2v) is 7.12. The summed E-state index contributed by atoms with van der Waals surface area (Å²) in [4.78, 5) is 17.1. The normalized spacial score (nSPS) is 14.9. The van der Waals surface area contributed by atoms with Crippen LogP contribution >= 0.6 is 11.6 Å². The molecule has 0 spiro atoms. The fourth-order valence-electron chi connectivity index (χ4n) is 3.00. The summed E-state index contributed by atoms with van der Waals surface area (Å²) in [6, 6.07) is 14.8. The Kier molecular flexibility index (Phi) is 7.26. The number of carbonyl (C=O) groups excluding carboxylic acids is 1. The molecule has 2 aromatic rings. The van der Waals surface area contributed by atoms with E-state index >= 15 is 0 Å². The predicted molar refractivity (Wildman–Crippen MR) is 113 cm³/mol. The van der Waals surface area contributed by atoms with Gasteiger partial charge < -0.3 is 9.57 Å². The van der Waals surface area contributed by atoms with Crippen LogP contribution in [0.5, 0.6) is 5.75 Å². The van der Waals surface area contributed by atoms with Crippen molar-refractivity contribution in [2.24, 2.45) is 5.16 Å². The highest BCUT2D eigenvalue weighted by Crippen LogP contribution is 2.26. The number of hydrogen-bond donors (Lipinski definition) is 0. The molecule has 0 saturated heterocycles. The van der Waals surface area contributed by atoms with Crippen molar-refractivity contribution in [1.82, 2.24) is 0 Å². The summed E-state index contributed by atoms with van der Waals surface area (Å²) in [6.07, 6.45) is 7.68. The van der Waals surface area contributed by atoms with Crippen molar-refractivity contribution < 1.29 is 14.4 Å². The highest BCUT2D eigenvalue weighted by molar-refractivity contribution is 6.32. The van der Waals surface area contributed by atoms with Crippen LogP contribution in [0.2, 0.25) is 5.02 Å². The van der Waals surface area contributed by atoms with Gasteiger partial charge in [0.05, 0.1) is 12.2 Å². The van der Waals surface area contributed by atoms with Gasteiger partial charge in [-0.3, -0.25) is 0 Å². The standard InChI is InChI=1S/C23H24ClNO3/c1-2-3-4-5-8-15-27-21-10-7-6-9-18(21)16-20-22(25-28-23(20)26)17-11-13-19(24)14-12-17/h6-7,9-14,16H,2-5,8,15H2,1H3. The zero-order valence-electron chi connectivity index (χ0n) is 16.0. The van der Waals surface area contributed by atoms with Crippen LogP contribution in [0.1, 0.15) is 50.2 Å². The molecule has 4 nitrogen and oxygen atoms in total. The lowest BCUT2D eigenvalue weighted by atomic mass is 10.0. The molecule has 1 heterocycles. The predicted octanol–water partition coefficient (Wildman–Crippen LogP) is 6.03. The lowest BCUT2D eigenvalue weighted by Crippen LogP contribution is -2.07. The van der Waals surface area contributed by atoms with E-state index in [-0.39, 0.29) is 0 Å². The molecule has 5 heteroatoms. The number of oxime groups is 1. The number of nitrogens with zero attached hydrogens (tertiary/aromatic N) is 1. The number of ether oxygens (including phenoxy) is 1. The lowest BCUT2D eigenvalue weighted by Gasteiger charge is -2.10. The van der Waals surface area contributed by atoms with Crippen LogP contribution in [0.3, 0.4) is 0 Å². The molecule has 0 aliphatic carbocycles. The molecule has 0 atom stereocenters. The molecule has 0 N–H and O–H groups in total. The third-order valence-corrected chi connectivity index (χ3v) is 4.79. The van der Waals surface area contributed by atoms with Crippen LogP contribution in [0, 0.1) is 0 Å². The first-order valence-electron chi connectivity index (χ1n) is 9.68. The SMILES string of the molecule is CCCCCCCOc1ccccc1C=C1C(=O)ON=C1c1ccc(Cl)cc1. The number of rotatable bonds is 9. The van der Waals surface area contributed by atoms with Gasteiger partial charge in [0, 0.05) is 16.1 Å². The minimum atomic E-state index is -0.473. The Morgan fingerprint density at radius 1 is 1.04 bits per heavy atom. The van der Waals surface area contributed by atoms with Gasteiger partial charge in [-0.2, -0.15) is 0 Å². The summed E-state index contributed by atoms with van der Waals surface area (Å²) in [7, 11) is 0. The van der Waals surface area contributed by atoms with E-state index in [1.165, 1.54) is 19.3 Å². The van der Waals surface area contributed by atoms with Crippen molar-refractivity contribution in [2.45, 2.75) is 39.0 Å². The largest absolute Gasteiger partial charge is 0.493 e. The Morgan fingerprint density at radius 2 is 1.79 bits per heavy atom. The Bertz CT molecular complexity index is 872. The van der Waals surface area contributed by atoms with Crippen LogP contribution < -0.4 is 4.74 Å². The van der Waals surface area contributed by atoms with Crippen LogP contribution in [-0.4, -0.2) is 18.3 Å². The number of para-hydroxylation sites is 1. The van der Waals surface area contributed by atoms with Crippen molar-refractivity contribution in [1.29, 1.82) is 0 Å². The number of hydrogen-bond acceptors (Lipinski definition) is 4. The Balaban J connectivity index is 1.75. The summed E-state index contributed by atoms with van der Waals surface area (Å²) < 4.78 is 5.97. The molecule has 0 fully saturated rings. The topological polar surface area (TPSA) is 47.9 Å². The fourth-order valence-corrected chi connectivity index (χ4v) is 3.13. The van der Waals surface area contributed by atoms with Gasteiger partial charge in [0.1, 0.15) is 11.5 Å². The maximum atomic E-state index is 12.2. The van der Waals surface area contributed by atoms with E-state index in [4.69, 9.17) is 21.2 Å². The van der Waals surface area contributed by atoms with Gasteiger partial charge in [0.25, 0.3) is 0 Å². The van der Waals surface area contributed by atoms with Gasteiger partial charge >= 0.3 is 5.97 Å². The molecule has 0 saturated carbocycles. The highest BCUT2D eigenvalue weighted by Gasteiger charge is 2.27. The van der Waals surface area contributed by atoms with Crippen molar-refractivity contribution >= 4 is 29.4 Å². The molecule has 146 valence electrons. The smallest absolute Gasteiger partial charge is 0.368 e. The maximum absolute atomic E-state index is 12.2. The average molecular weight is 398 g/mol. The second kappa shape index (κ2) is 10.1. The first-order chi connectivity index (χ1) is 13.7. The minimum absolute atomic E-state index is 0.404. The molecular formula is C23H24ClNO3. The van der Waals surface area contributed by atoms with Crippen LogP contribution in [0.4, 0.5) is 0 Å². The molecule has 28 heavy (non-hydrogen) atoms. The van der Waals surface area contributed by atoms with E-state index in [1.807, 2.05) is 36.4 Å². The Hall–Kier alpha value is -2.59. The van der Waals surface area contributed by atoms with E-state index in [2.05, 4.69) is 12.1 Å². The monoisotopic (exact) mass is 397 g/mol. The first kappa shape index (κ1) is 20.2. The summed E-state index contributed by atoms with van der Waals surface area (Å²) >= 11 is 5.95. The molecule has 0 amide bonds. The van der Waals surface area contributed by atoms with E-state index in [9.17, 15) is 4.79 Å². The summed E-state index contributed by atoms with van der Waals surface area (Å²) in [6.45, 7) is 2.86. The lowest BCUT2D eigenvalue weighted by molar-refractivity contribution is -0.136. The van der Waals surface area contributed by atoms with Gasteiger partial charge in [-0.25, -0.2) is 4.79 Å². The number of halogens is 1.